The van der Waals surface area contributed by atoms with Crippen molar-refractivity contribution in [1.82, 2.24) is 5.32 Å². The van der Waals surface area contributed by atoms with Gasteiger partial charge in [0.2, 0.25) is 11.9 Å². The largest absolute Gasteiger partial charge is 0.496 e. The monoisotopic (exact) mass is 328 g/mol. The Bertz CT molecular complexity index is 520. The van der Waals surface area contributed by atoms with Crippen LogP contribution in [-0.4, -0.2) is 24.0 Å². The van der Waals surface area contributed by atoms with Gasteiger partial charge in [-0.25, -0.2) is 0 Å². The number of carbonyl (C=O) groups excluding carboxylic acids is 1. The zero-order chi connectivity index (χ0) is 14.0. The molecule has 1 aromatic carbocycles. The standard InChI is InChI=1S/C12H13BrN2O4/c1-19-10-4-2-7(13)6-8(10)12-9(15(17)18)3-5-11(16)14-12/h2,4,6,9,12H,3,5H2,1H3,(H,14,16)/t9-,12+/m1/s1. The average molecular weight is 329 g/mol. The summed E-state index contributed by atoms with van der Waals surface area (Å²) in [4.78, 5) is 22.3. The summed E-state index contributed by atoms with van der Waals surface area (Å²) in [5, 5.41) is 13.8. The first-order valence-corrected chi connectivity index (χ1v) is 6.58. The fraction of sp³-hybridized carbons (Fsp3) is 0.417. The molecule has 7 heteroatoms. The Hall–Kier alpha value is -1.63. The van der Waals surface area contributed by atoms with E-state index in [1.165, 1.54) is 7.11 Å². The number of ether oxygens (including phenoxy) is 1. The normalized spacial score (nSPS) is 22.7. The van der Waals surface area contributed by atoms with Gasteiger partial charge >= 0.3 is 0 Å². The molecule has 6 nitrogen and oxygen atoms in total. The van der Waals surface area contributed by atoms with Gasteiger partial charge in [-0.15, -0.1) is 0 Å². The first-order chi connectivity index (χ1) is 9.02. The Morgan fingerprint density at radius 3 is 2.89 bits per heavy atom. The highest BCUT2D eigenvalue weighted by Gasteiger charge is 2.39. The van der Waals surface area contributed by atoms with Crippen LogP contribution in [0.4, 0.5) is 0 Å². The Labute approximate surface area is 118 Å². The van der Waals surface area contributed by atoms with Crippen molar-refractivity contribution in [3.05, 3.63) is 38.3 Å². The summed E-state index contributed by atoms with van der Waals surface area (Å²) in [6.07, 6.45) is 0.414. The second kappa shape index (κ2) is 5.56. The molecule has 1 aliphatic rings. The molecule has 102 valence electrons. The maximum Gasteiger partial charge on any atom is 0.237 e. The van der Waals surface area contributed by atoms with Gasteiger partial charge in [-0.05, 0) is 18.2 Å². The SMILES string of the molecule is COc1ccc(Br)cc1[C@@H]1NC(=O)CC[C@H]1[N+](=O)[O-]. The molecule has 2 rings (SSSR count). The molecule has 1 fully saturated rings. The van der Waals surface area contributed by atoms with Gasteiger partial charge in [-0.2, -0.15) is 0 Å². The topological polar surface area (TPSA) is 81.5 Å². The molecule has 0 bridgehead atoms. The van der Waals surface area contributed by atoms with Crippen LogP contribution in [0.5, 0.6) is 5.75 Å². The van der Waals surface area contributed by atoms with E-state index in [0.717, 1.165) is 4.47 Å². The number of methoxy groups -OCH3 is 1. The molecular formula is C12H13BrN2O4. The second-order valence-corrected chi connectivity index (χ2v) is 5.24. The molecule has 0 saturated carbocycles. The second-order valence-electron chi connectivity index (χ2n) is 4.32. The minimum Gasteiger partial charge on any atom is -0.496 e. The number of amides is 1. The molecule has 1 amide bonds. The van der Waals surface area contributed by atoms with E-state index >= 15 is 0 Å². The Morgan fingerprint density at radius 1 is 1.53 bits per heavy atom. The fourth-order valence-corrected chi connectivity index (χ4v) is 2.63. The van der Waals surface area contributed by atoms with Gasteiger partial charge in [0.15, 0.2) is 0 Å². The summed E-state index contributed by atoms with van der Waals surface area (Å²) >= 11 is 3.33. The van der Waals surface area contributed by atoms with Crippen molar-refractivity contribution in [2.45, 2.75) is 24.9 Å². The third-order valence-electron chi connectivity index (χ3n) is 3.17. The summed E-state index contributed by atoms with van der Waals surface area (Å²) in [5.41, 5.74) is 0.617. The number of piperidine rings is 1. The lowest BCUT2D eigenvalue weighted by molar-refractivity contribution is -0.529. The molecule has 1 aliphatic heterocycles. The number of nitrogens with one attached hydrogen (secondary N) is 1. The quantitative estimate of drug-likeness (QED) is 0.680. The zero-order valence-corrected chi connectivity index (χ0v) is 11.8. The lowest BCUT2D eigenvalue weighted by atomic mass is 9.92. The molecular weight excluding hydrogens is 316 g/mol. The number of hydrogen-bond donors (Lipinski definition) is 1. The summed E-state index contributed by atoms with van der Waals surface area (Å²) in [6, 6.07) is 3.75. The molecule has 1 heterocycles. The lowest BCUT2D eigenvalue weighted by Gasteiger charge is -2.28. The van der Waals surface area contributed by atoms with Crippen LogP contribution in [0.1, 0.15) is 24.4 Å². The average Bonchev–Trinajstić information content (AvgIpc) is 2.38. The summed E-state index contributed by atoms with van der Waals surface area (Å²) in [6.45, 7) is 0. The summed E-state index contributed by atoms with van der Waals surface area (Å²) < 4.78 is 6.00. The van der Waals surface area contributed by atoms with Crippen LogP contribution < -0.4 is 10.1 Å². The lowest BCUT2D eigenvalue weighted by Crippen LogP contribution is -2.45. The number of nitrogens with zero attached hydrogens (tertiary/aromatic N) is 1. The van der Waals surface area contributed by atoms with Crippen LogP contribution in [0.15, 0.2) is 22.7 Å². The van der Waals surface area contributed by atoms with Gasteiger partial charge in [-0.3, -0.25) is 14.9 Å². The number of hydrogen-bond acceptors (Lipinski definition) is 4. The third-order valence-corrected chi connectivity index (χ3v) is 3.66. The molecule has 0 spiro atoms. The predicted molar refractivity (Wildman–Crippen MR) is 71.6 cm³/mol. The van der Waals surface area contributed by atoms with Crippen LogP contribution in [0.2, 0.25) is 0 Å². The van der Waals surface area contributed by atoms with Crippen LogP contribution in [0, 0.1) is 10.1 Å². The van der Waals surface area contributed by atoms with Gasteiger partial charge in [-0.1, -0.05) is 15.9 Å². The molecule has 0 radical (unpaired) electrons. The zero-order valence-electron chi connectivity index (χ0n) is 10.3. The van der Waals surface area contributed by atoms with E-state index in [-0.39, 0.29) is 23.7 Å². The molecule has 1 aromatic rings. The van der Waals surface area contributed by atoms with E-state index in [2.05, 4.69) is 21.2 Å². The highest BCUT2D eigenvalue weighted by molar-refractivity contribution is 9.10. The maximum atomic E-state index is 11.5. The van der Waals surface area contributed by atoms with E-state index in [1.807, 2.05) is 0 Å². The maximum absolute atomic E-state index is 11.5. The summed E-state index contributed by atoms with van der Waals surface area (Å²) in [7, 11) is 1.50. The molecule has 2 atom stereocenters. The molecule has 0 aliphatic carbocycles. The van der Waals surface area contributed by atoms with E-state index in [9.17, 15) is 14.9 Å². The van der Waals surface area contributed by atoms with Crippen molar-refractivity contribution in [2.24, 2.45) is 0 Å². The van der Waals surface area contributed by atoms with Crippen LogP contribution in [0.25, 0.3) is 0 Å². The van der Waals surface area contributed by atoms with Crippen LogP contribution >= 0.6 is 15.9 Å². The van der Waals surface area contributed by atoms with Gasteiger partial charge in [0.25, 0.3) is 0 Å². The van der Waals surface area contributed by atoms with Crippen molar-refractivity contribution in [2.75, 3.05) is 7.11 Å². The Morgan fingerprint density at radius 2 is 2.26 bits per heavy atom. The van der Waals surface area contributed by atoms with Gasteiger partial charge in [0.05, 0.1) is 7.11 Å². The van der Waals surface area contributed by atoms with Crippen molar-refractivity contribution in [3.8, 4) is 5.75 Å². The van der Waals surface area contributed by atoms with E-state index in [4.69, 9.17) is 4.74 Å². The smallest absolute Gasteiger partial charge is 0.237 e. The molecule has 19 heavy (non-hydrogen) atoms. The third kappa shape index (κ3) is 2.86. The summed E-state index contributed by atoms with van der Waals surface area (Å²) in [5.74, 6) is 0.354. The molecule has 1 saturated heterocycles. The minimum atomic E-state index is -0.833. The Kier molecular flexibility index (Phi) is 4.04. The number of carbonyl (C=O) groups is 1. The van der Waals surface area contributed by atoms with E-state index in [1.54, 1.807) is 18.2 Å². The van der Waals surface area contributed by atoms with Crippen molar-refractivity contribution >= 4 is 21.8 Å². The fourth-order valence-electron chi connectivity index (χ4n) is 2.25. The first-order valence-electron chi connectivity index (χ1n) is 5.79. The predicted octanol–water partition coefficient (Wildman–Crippen LogP) is 2.05. The molecule has 0 unspecified atom stereocenters. The highest BCUT2D eigenvalue weighted by atomic mass is 79.9. The van der Waals surface area contributed by atoms with Gasteiger partial charge in [0.1, 0.15) is 11.8 Å². The molecule has 0 aromatic heterocycles. The van der Waals surface area contributed by atoms with Crippen molar-refractivity contribution < 1.29 is 14.5 Å². The van der Waals surface area contributed by atoms with E-state index < -0.39 is 12.1 Å². The van der Waals surface area contributed by atoms with Crippen molar-refractivity contribution in [1.29, 1.82) is 0 Å². The number of rotatable bonds is 3. The first kappa shape index (κ1) is 13.8. The van der Waals surface area contributed by atoms with Gasteiger partial charge < -0.3 is 10.1 Å². The van der Waals surface area contributed by atoms with Crippen LogP contribution in [0.3, 0.4) is 0 Å². The highest BCUT2D eigenvalue weighted by Crippen LogP contribution is 2.34. The number of nitro groups is 1. The number of halogens is 1. The van der Waals surface area contributed by atoms with Gasteiger partial charge in [0, 0.05) is 27.8 Å². The van der Waals surface area contributed by atoms with E-state index in [0.29, 0.717) is 11.3 Å². The Balaban J connectivity index is 2.43. The molecule has 1 N–H and O–H groups in total. The number of benzene rings is 1. The van der Waals surface area contributed by atoms with Crippen molar-refractivity contribution in [3.63, 3.8) is 0 Å². The minimum absolute atomic E-state index is 0.176. The van der Waals surface area contributed by atoms with Crippen LogP contribution in [-0.2, 0) is 4.79 Å².